The van der Waals surface area contributed by atoms with Crippen molar-refractivity contribution >= 4 is 18.0 Å². The molecule has 0 aromatic heterocycles. The van der Waals surface area contributed by atoms with E-state index in [0.717, 1.165) is 5.56 Å². The topological polar surface area (TPSA) is 91.4 Å². The normalized spacial score (nSPS) is 27.5. The van der Waals surface area contributed by atoms with E-state index in [-0.39, 0.29) is 19.8 Å². The summed E-state index contributed by atoms with van der Waals surface area (Å²) in [6, 6.07) is 8.97. The maximum atomic E-state index is 12.0. The highest BCUT2D eigenvalue weighted by Crippen LogP contribution is 2.30. The van der Waals surface area contributed by atoms with E-state index < -0.39 is 42.4 Å². The summed E-state index contributed by atoms with van der Waals surface area (Å²) in [6.45, 7) is 3.07. The lowest BCUT2D eigenvalue weighted by molar-refractivity contribution is -0.196. The second kappa shape index (κ2) is 7.74. The minimum Gasteiger partial charge on any atom is -0.456 e. The maximum absolute atomic E-state index is 12.0. The minimum absolute atomic E-state index is 0.0694. The van der Waals surface area contributed by atoms with Gasteiger partial charge in [-0.25, -0.2) is 4.79 Å². The van der Waals surface area contributed by atoms with Crippen LogP contribution in [0.25, 0.3) is 0 Å². The van der Waals surface area contributed by atoms with Crippen LogP contribution in [-0.2, 0) is 35.1 Å². The molecule has 8 heteroatoms. The third-order valence-corrected chi connectivity index (χ3v) is 4.37. The quantitative estimate of drug-likeness (QED) is 0.575. The van der Waals surface area contributed by atoms with E-state index in [1.165, 1.54) is 18.7 Å². The molecule has 0 aliphatic carbocycles. The van der Waals surface area contributed by atoms with Crippen molar-refractivity contribution < 1.29 is 33.3 Å². The van der Waals surface area contributed by atoms with Gasteiger partial charge in [-0.1, -0.05) is 30.3 Å². The fourth-order valence-corrected chi connectivity index (χ4v) is 3.27. The lowest BCUT2D eigenvalue weighted by Crippen LogP contribution is -2.63. The molecule has 2 fully saturated rings. The molecule has 2 aliphatic heterocycles. The largest absolute Gasteiger partial charge is 0.456 e. The number of hydrogen-bond donors (Lipinski definition) is 0. The van der Waals surface area contributed by atoms with Gasteiger partial charge in [-0.05, 0) is 5.56 Å². The molecule has 1 aromatic rings. The molecular weight excluding hydrogens is 342 g/mol. The average molecular weight is 363 g/mol. The highest BCUT2D eigenvalue weighted by Gasteiger charge is 2.53. The molecule has 8 nitrogen and oxygen atoms in total. The molecule has 2 saturated heterocycles. The highest BCUT2D eigenvalue weighted by atomic mass is 16.6. The number of nitrogens with zero attached hydrogens (tertiary/aromatic N) is 1. The van der Waals surface area contributed by atoms with E-state index >= 15 is 0 Å². The van der Waals surface area contributed by atoms with E-state index in [0.29, 0.717) is 0 Å². The summed E-state index contributed by atoms with van der Waals surface area (Å²) >= 11 is 0. The average Bonchev–Trinajstić information content (AvgIpc) is 2.96. The fourth-order valence-electron chi connectivity index (χ4n) is 3.27. The number of rotatable bonds is 5. The second-order valence-electron chi connectivity index (χ2n) is 6.28. The van der Waals surface area contributed by atoms with E-state index in [1.807, 2.05) is 30.3 Å². The number of carbonyl (C=O) groups is 3. The molecule has 140 valence electrons. The lowest BCUT2D eigenvalue weighted by Gasteiger charge is -2.42. The van der Waals surface area contributed by atoms with Crippen molar-refractivity contribution in [1.82, 2.24) is 4.90 Å². The summed E-state index contributed by atoms with van der Waals surface area (Å²) in [7, 11) is 0. The molecule has 0 radical (unpaired) electrons. The second-order valence-corrected chi connectivity index (χ2v) is 6.28. The molecule has 26 heavy (non-hydrogen) atoms. The van der Waals surface area contributed by atoms with Gasteiger partial charge in [0.15, 0.2) is 12.2 Å². The van der Waals surface area contributed by atoms with Gasteiger partial charge >= 0.3 is 18.0 Å². The van der Waals surface area contributed by atoms with Crippen molar-refractivity contribution in [1.29, 1.82) is 0 Å². The van der Waals surface area contributed by atoms with Crippen LogP contribution in [0.15, 0.2) is 30.3 Å². The van der Waals surface area contributed by atoms with Gasteiger partial charge in [0.25, 0.3) is 0 Å². The Morgan fingerprint density at radius 1 is 1.12 bits per heavy atom. The Labute approximate surface area is 150 Å². The van der Waals surface area contributed by atoms with Gasteiger partial charge in [0, 0.05) is 13.8 Å². The van der Waals surface area contributed by atoms with Gasteiger partial charge in [0.1, 0.15) is 18.8 Å². The van der Waals surface area contributed by atoms with Crippen molar-refractivity contribution in [3.05, 3.63) is 35.9 Å². The molecule has 0 bridgehead atoms. The third-order valence-electron chi connectivity index (χ3n) is 4.37. The molecular formula is C18H21NO7. The zero-order chi connectivity index (χ0) is 18.7. The first kappa shape index (κ1) is 18.2. The smallest absolute Gasteiger partial charge is 0.410 e. The van der Waals surface area contributed by atoms with Crippen LogP contribution in [0.1, 0.15) is 19.4 Å². The van der Waals surface area contributed by atoms with Gasteiger partial charge in [-0.3, -0.25) is 14.5 Å². The van der Waals surface area contributed by atoms with E-state index in [9.17, 15) is 14.4 Å². The molecule has 4 unspecified atom stereocenters. The van der Waals surface area contributed by atoms with Crippen LogP contribution >= 0.6 is 0 Å². The number of piperidine rings is 1. The summed E-state index contributed by atoms with van der Waals surface area (Å²) in [4.78, 5) is 36.6. The van der Waals surface area contributed by atoms with Gasteiger partial charge < -0.3 is 18.9 Å². The summed E-state index contributed by atoms with van der Waals surface area (Å²) < 4.78 is 21.8. The van der Waals surface area contributed by atoms with Crippen LogP contribution < -0.4 is 0 Å². The molecule has 0 N–H and O–H groups in total. The van der Waals surface area contributed by atoms with E-state index in [2.05, 4.69) is 0 Å². The number of hydrogen-bond acceptors (Lipinski definition) is 7. The first-order valence-corrected chi connectivity index (χ1v) is 8.39. The summed E-state index contributed by atoms with van der Waals surface area (Å²) in [5.41, 5.74) is 0.934. The molecule has 0 spiro atoms. The van der Waals surface area contributed by atoms with Crippen molar-refractivity contribution in [3.63, 3.8) is 0 Å². The van der Waals surface area contributed by atoms with Crippen LogP contribution in [-0.4, -0.2) is 60.4 Å². The summed E-state index contributed by atoms with van der Waals surface area (Å²) in [6.07, 6.45) is -2.82. The summed E-state index contributed by atoms with van der Waals surface area (Å²) in [5.74, 6) is -1.05. The Bertz CT molecular complexity index is 677. The van der Waals surface area contributed by atoms with Crippen molar-refractivity contribution in [2.75, 3.05) is 13.2 Å². The third kappa shape index (κ3) is 3.96. The van der Waals surface area contributed by atoms with Gasteiger partial charge in [0.05, 0.1) is 13.2 Å². The number of amides is 1. The van der Waals surface area contributed by atoms with Crippen LogP contribution in [0.3, 0.4) is 0 Å². The zero-order valence-corrected chi connectivity index (χ0v) is 14.6. The Morgan fingerprint density at radius 2 is 1.77 bits per heavy atom. The van der Waals surface area contributed by atoms with Crippen LogP contribution in [0.2, 0.25) is 0 Å². The number of ether oxygens (including phenoxy) is 4. The minimum atomic E-state index is -0.850. The number of benzene rings is 1. The van der Waals surface area contributed by atoms with Crippen molar-refractivity contribution in [2.45, 2.75) is 44.8 Å². The molecule has 1 amide bonds. The maximum Gasteiger partial charge on any atom is 0.410 e. The first-order valence-electron chi connectivity index (χ1n) is 8.39. The monoisotopic (exact) mass is 363 g/mol. The van der Waals surface area contributed by atoms with Crippen molar-refractivity contribution in [2.24, 2.45) is 0 Å². The fraction of sp³-hybridized carbons (Fsp3) is 0.500. The number of esters is 2. The molecule has 4 atom stereocenters. The number of carbonyl (C=O) groups excluding carboxylic acids is 3. The molecule has 0 saturated carbocycles. The van der Waals surface area contributed by atoms with E-state index in [1.54, 1.807) is 0 Å². The highest BCUT2D eigenvalue weighted by molar-refractivity contribution is 5.72. The number of cyclic esters (lactones) is 1. The van der Waals surface area contributed by atoms with Crippen LogP contribution in [0.4, 0.5) is 4.79 Å². The van der Waals surface area contributed by atoms with Gasteiger partial charge in [0.2, 0.25) is 0 Å². The Kier molecular flexibility index (Phi) is 5.41. The molecule has 1 aromatic carbocycles. The Morgan fingerprint density at radius 3 is 2.42 bits per heavy atom. The lowest BCUT2D eigenvalue weighted by atomic mass is 9.94. The molecule has 2 heterocycles. The zero-order valence-electron chi connectivity index (χ0n) is 14.6. The SMILES string of the molecule is CC(=O)OC1C(OCc2ccccc2)CN2C(=O)OCC2C1OC(C)=O. The van der Waals surface area contributed by atoms with Crippen LogP contribution in [0, 0.1) is 0 Å². The Balaban J connectivity index is 1.82. The first-order chi connectivity index (χ1) is 12.5. The van der Waals surface area contributed by atoms with Crippen molar-refractivity contribution in [3.8, 4) is 0 Å². The molecule has 3 rings (SSSR count). The van der Waals surface area contributed by atoms with E-state index in [4.69, 9.17) is 18.9 Å². The summed E-state index contributed by atoms with van der Waals surface area (Å²) in [5, 5.41) is 0. The number of fused-ring (bicyclic) bond motifs is 1. The predicted molar refractivity (Wildman–Crippen MR) is 88.0 cm³/mol. The van der Waals surface area contributed by atoms with Gasteiger partial charge in [-0.15, -0.1) is 0 Å². The predicted octanol–water partition coefficient (Wildman–Crippen LogP) is 1.27. The Hall–Kier alpha value is -2.61. The van der Waals surface area contributed by atoms with Gasteiger partial charge in [-0.2, -0.15) is 0 Å². The molecule has 2 aliphatic rings. The van der Waals surface area contributed by atoms with Crippen LogP contribution in [0.5, 0.6) is 0 Å². The standard InChI is InChI=1S/C18H21NO7/c1-11(20)25-16-14-10-24-18(22)19(14)8-15(17(16)26-12(2)21)23-9-13-6-4-3-5-7-13/h3-7,14-17H,8-10H2,1-2H3.